The van der Waals surface area contributed by atoms with Crippen molar-refractivity contribution in [2.45, 2.75) is 73.4 Å². The number of carbonyl (C=O) groups is 3. The molecule has 3 fully saturated rings. The van der Waals surface area contributed by atoms with Gasteiger partial charge in [-0.25, -0.2) is 0 Å². The number of ether oxygens (including phenoxy) is 1. The summed E-state index contributed by atoms with van der Waals surface area (Å²) in [5, 5.41) is 9.31. The summed E-state index contributed by atoms with van der Waals surface area (Å²) >= 11 is 5.50. The van der Waals surface area contributed by atoms with Gasteiger partial charge in [0.25, 0.3) is 0 Å². The summed E-state index contributed by atoms with van der Waals surface area (Å²) in [5.41, 5.74) is 0.220. The maximum absolute atomic E-state index is 14.5. The van der Waals surface area contributed by atoms with Gasteiger partial charge in [0, 0.05) is 47.5 Å². The third-order valence-electron chi connectivity index (χ3n) is 8.54. The number of carbonyl (C=O) groups excluding carboxylic acids is 3. The van der Waals surface area contributed by atoms with Crippen molar-refractivity contribution in [2.75, 3.05) is 37.7 Å². The molecule has 1 aromatic rings. The van der Waals surface area contributed by atoms with Gasteiger partial charge in [-0.2, -0.15) is 0 Å². The molecule has 6 atom stereocenters. The second-order valence-electron chi connectivity index (χ2n) is 12.2. The van der Waals surface area contributed by atoms with Crippen molar-refractivity contribution >= 4 is 51.1 Å². The van der Waals surface area contributed by atoms with Crippen molar-refractivity contribution in [3.05, 3.63) is 49.6 Å². The summed E-state index contributed by atoms with van der Waals surface area (Å²) in [7, 11) is 0. The lowest BCUT2D eigenvalue weighted by atomic mass is 9.70. The van der Waals surface area contributed by atoms with Crippen LogP contribution in [0.4, 0.5) is 5.69 Å². The number of aliphatic hydroxyl groups is 1. The highest BCUT2D eigenvalue weighted by Crippen LogP contribution is 2.68. The number of likely N-dealkylation sites (tertiary alicyclic amines) is 1. The van der Waals surface area contributed by atoms with Crippen LogP contribution in [0.2, 0.25) is 0 Å². The van der Waals surface area contributed by atoms with Crippen molar-refractivity contribution in [3.8, 4) is 5.75 Å². The molecule has 0 aromatic heterocycles. The first-order valence-corrected chi connectivity index (χ1v) is 16.6. The number of hydrogen-bond donors (Lipinski definition) is 1. The number of amides is 3. The number of thioether (sulfide) groups is 1. The number of rotatable bonds is 13. The Morgan fingerprint density at radius 3 is 2.40 bits per heavy atom. The zero-order valence-corrected chi connectivity index (χ0v) is 27.5. The summed E-state index contributed by atoms with van der Waals surface area (Å²) in [5.74, 6) is -0.904. The number of anilines is 1. The maximum Gasteiger partial charge on any atom is 0.247 e. The lowest BCUT2D eigenvalue weighted by Gasteiger charge is -2.42. The van der Waals surface area contributed by atoms with Gasteiger partial charge in [-0.05, 0) is 71.2 Å². The zero-order valence-electron chi connectivity index (χ0n) is 25.1. The van der Waals surface area contributed by atoms with Crippen molar-refractivity contribution in [2.24, 2.45) is 11.8 Å². The van der Waals surface area contributed by atoms with Crippen LogP contribution >= 0.6 is 27.7 Å². The second kappa shape index (κ2) is 13.1. The molecule has 3 amide bonds. The molecule has 3 aliphatic heterocycles. The summed E-state index contributed by atoms with van der Waals surface area (Å²) < 4.78 is 4.85. The van der Waals surface area contributed by atoms with Crippen LogP contribution in [-0.4, -0.2) is 91.9 Å². The Balaban J connectivity index is 1.76. The first kappa shape index (κ1) is 32.6. The third kappa shape index (κ3) is 5.78. The van der Waals surface area contributed by atoms with E-state index < -0.39 is 28.2 Å². The van der Waals surface area contributed by atoms with Gasteiger partial charge in [-0.15, -0.1) is 24.9 Å². The number of alkyl halides is 1. The molecule has 230 valence electrons. The van der Waals surface area contributed by atoms with Crippen LogP contribution in [0, 0.1) is 11.8 Å². The number of nitrogens with zero attached hydrogens (tertiary/aromatic N) is 3. The Hall–Kier alpha value is -2.30. The van der Waals surface area contributed by atoms with E-state index in [1.807, 2.05) is 52.0 Å². The topological polar surface area (TPSA) is 90.4 Å². The molecule has 3 saturated heterocycles. The number of benzene rings is 1. The molecule has 42 heavy (non-hydrogen) atoms. The highest BCUT2D eigenvalue weighted by Gasteiger charge is 2.76. The smallest absolute Gasteiger partial charge is 0.247 e. The van der Waals surface area contributed by atoms with E-state index in [4.69, 9.17) is 4.74 Å². The van der Waals surface area contributed by atoms with Crippen molar-refractivity contribution in [1.82, 2.24) is 9.80 Å². The van der Waals surface area contributed by atoms with Crippen LogP contribution in [-0.2, 0) is 14.4 Å². The monoisotopic (exact) mass is 661 g/mol. The Morgan fingerprint density at radius 1 is 1.17 bits per heavy atom. The molecule has 2 bridgehead atoms. The van der Waals surface area contributed by atoms with E-state index in [1.54, 1.807) is 38.6 Å². The average Bonchev–Trinajstić information content (AvgIpc) is 3.53. The molecule has 0 saturated carbocycles. The Kier molecular flexibility index (Phi) is 10.2. The lowest BCUT2D eigenvalue weighted by molar-refractivity contribution is -0.145. The van der Waals surface area contributed by atoms with Crippen LogP contribution in [0.25, 0.3) is 0 Å². The third-order valence-corrected chi connectivity index (χ3v) is 11.8. The molecule has 0 aliphatic carbocycles. The average molecular weight is 663 g/mol. The van der Waals surface area contributed by atoms with E-state index in [-0.39, 0.29) is 34.4 Å². The molecule has 10 heteroatoms. The number of aliphatic hydroxyl groups excluding tert-OH is 1. The summed E-state index contributed by atoms with van der Waals surface area (Å²) in [4.78, 5) is 48.6. The summed E-state index contributed by atoms with van der Waals surface area (Å²) in [6.45, 7) is 17.2. The number of halogens is 1. The summed E-state index contributed by atoms with van der Waals surface area (Å²) in [6, 6.07) is 6.68. The molecule has 3 heterocycles. The lowest BCUT2D eigenvalue weighted by Crippen LogP contribution is -2.59. The molecule has 3 aliphatic rings. The van der Waals surface area contributed by atoms with Gasteiger partial charge in [0.2, 0.25) is 17.7 Å². The van der Waals surface area contributed by atoms with Gasteiger partial charge >= 0.3 is 0 Å². The van der Waals surface area contributed by atoms with Gasteiger partial charge in [0.1, 0.15) is 11.8 Å². The van der Waals surface area contributed by atoms with Crippen LogP contribution in [0.3, 0.4) is 0 Å². The fourth-order valence-corrected chi connectivity index (χ4v) is 10.4. The Bertz CT molecular complexity index is 1190. The largest absolute Gasteiger partial charge is 0.494 e. The first-order valence-electron chi connectivity index (χ1n) is 14.8. The zero-order chi connectivity index (χ0) is 30.8. The standard InChI is InChI=1S/C32H44BrN3O5S/c1-7-16-34(21-12-14-22(15-13-21)41-9-3)28(38)24-25-29(39)35(18-10-11-19-37)27(32(25)20-23(33)26(24)42-32)30(40)36(17-8-2)31(4,5)6/h7-8,12-15,23-27,37H,1-2,9-11,16-20H2,3-6H3/t23?,24-,25-,26-,27?,32?/m0/s1. The van der Waals surface area contributed by atoms with Gasteiger partial charge < -0.3 is 24.5 Å². The van der Waals surface area contributed by atoms with Crippen LogP contribution in [0.15, 0.2) is 49.6 Å². The van der Waals surface area contributed by atoms with Crippen molar-refractivity contribution in [1.29, 1.82) is 0 Å². The molecule has 1 N–H and O–H groups in total. The Labute approximate surface area is 262 Å². The highest BCUT2D eigenvalue weighted by atomic mass is 79.9. The normalized spacial score (nSPS) is 28.0. The molecule has 3 unspecified atom stereocenters. The van der Waals surface area contributed by atoms with Gasteiger partial charge in [0.05, 0.1) is 23.2 Å². The Morgan fingerprint density at radius 2 is 1.83 bits per heavy atom. The minimum Gasteiger partial charge on any atom is -0.494 e. The predicted molar refractivity (Wildman–Crippen MR) is 172 cm³/mol. The van der Waals surface area contributed by atoms with Gasteiger partial charge in [0.15, 0.2) is 0 Å². The van der Waals surface area contributed by atoms with E-state index in [9.17, 15) is 19.5 Å². The van der Waals surface area contributed by atoms with E-state index in [0.29, 0.717) is 51.2 Å². The van der Waals surface area contributed by atoms with E-state index in [0.717, 1.165) is 5.75 Å². The number of hydrogen-bond acceptors (Lipinski definition) is 6. The molecule has 1 aromatic carbocycles. The summed E-state index contributed by atoms with van der Waals surface area (Å²) in [6.07, 6.45) is 5.13. The quantitative estimate of drug-likeness (QED) is 0.188. The van der Waals surface area contributed by atoms with Crippen LogP contribution in [0.5, 0.6) is 5.75 Å². The van der Waals surface area contributed by atoms with E-state index in [2.05, 4.69) is 29.1 Å². The molecule has 1 spiro atoms. The minimum atomic E-state index is -0.740. The fraction of sp³-hybridized carbons (Fsp3) is 0.594. The molecular weight excluding hydrogens is 618 g/mol. The molecule has 4 rings (SSSR count). The minimum absolute atomic E-state index is 0.0137. The highest BCUT2D eigenvalue weighted by molar-refractivity contribution is 9.09. The fourth-order valence-electron chi connectivity index (χ4n) is 6.82. The maximum atomic E-state index is 14.5. The molecular formula is C32H44BrN3O5S. The SMILES string of the molecule is C=CCN(C(=O)[C@H]1[C@H]2C(=O)N(CCCCO)C(C(=O)N(CC=C)C(C)(C)C)C23CC(Br)[C@@H]1S3)c1ccc(OCC)cc1. The predicted octanol–water partition coefficient (Wildman–Crippen LogP) is 4.65. The van der Waals surface area contributed by atoms with Crippen molar-refractivity contribution in [3.63, 3.8) is 0 Å². The first-order chi connectivity index (χ1) is 20.0. The van der Waals surface area contributed by atoms with Crippen LogP contribution in [0.1, 0.15) is 47.0 Å². The molecule has 8 nitrogen and oxygen atoms in total. The van der Waals surface area contributed by atoms with Gasteiger partial charge in [-0.3, -0.25) is 14.4 Å². The van der Waals surface area contributed by atoms with E-state index >= 15 is 0 Å². The second-order valence-corrected chi connectivity index (χ2v) is 14.9. The number of unbranched alkanes of at least 4 members (excludes halogenated alkanes) is 1. The van der Waals surface area contributed by atoms with E-state index in [1.165, 1.54) is 0 Å². The molecule has 0 radical (unpaired) electrons. The van der Waals surface area contributed by atoms with Gasteiger partial charge in [-0.1, -0.05) is 28.1 Å². The van der Waals surface area contributed by atoms with Crippen LogP contribution < -0.4 is 9.64 Å². The van der Waals surface area contributed by atoms with Crippen molar-refractivity contribution < 1.29 is 24.2 Å². The number of fused-ring (bicyclic) bond motifs is 1.